The molecule has 2 aromatic rings. The second-order valence-corrected chi connectivity index (χ2v) is 3.36. The number of nitrogens with one attached hydrogen (secondary N) is 1. The number of H-pyrrole nitrogens is 1. The smallest absolute Gasteiger partial charge is 0.115 e. The van der Waals surface area contributed by atoms with Gasteiger partial charge in [0.1, 0.15) is 5.75 Å². The molecule has 1 heterocycles. The number of phenols is 1. The van der Waals surface area contributed by atoms with Gasteiger partial charge in [-0.15, -0.1) is 0 Å². The molecule has 0 radical (unpaired) electrons. The summed E-state index contributed by atoms with van der Waals surface area (Å²) in [7, 11) is 0. The molecular formula is C11H13N3O. The first kappa shape index (κ1) is 9.73. The Kier molecular flexibility index (Phi) is 2.69. The lowest BCUT2D eigenvalue weighted by Crippen LogP contribution is -2.02. The predicted molar refractivity (Wildman–Crippen MR) is 58.4 cm³/mol. The van der Waals surface area contributed by atoms with E-state index in [1.807, 2.05) is 18.2 Å². The van der Waals surface area contributed by atoms with Crippen LogP contribution in [0.3, 0.4) is 0 Å². The Morgan fingerprint density at radius 3 is 2.67 bits per heavy atom. The fraction of sp³-hybridized carbons (Fsp3) is 0.182. The van der Waals surface area contributed by atoms with Crippen LogP contribution in [-0.4, -0.2) is 21.8 Å². The van der Waals surface area contributed by atoms with E-state index in [4.69, 9.17) is 10.8 Å². The van der Waals surface area contributed by atoms with Gasteiger partial charge in [-0.2, -0.15) is 5.10 Å². The minimum absolute atomic E-state index is 0.261. The van der Waals surface area contributed by atoms with Crippen LogP contribution in [-0.2, 0) is 6.42 Å². The summed E-state index contributed by atoms with van der Waals surface area (Å²) >= 11 is 0. The van der Waals surface area contributed by atoms with Gasteiger partial charge in [0.25, 0.3) is 0 Å². The summed E-state index contributed by atoms with van der Waals surface area (Å²) in [5.74, 6) is 0.261. The normalized spacial score (nSPS) is 10.5. The van der Waals surface area contributed by atoms with Gasteiger partial charge in [0, 0.05) is 17.7 Å². The second kappa shape index (κ2) is 4.14. The highest BCUT2D eigenvalue weighted by atomic mass is 16.3. The van der Waals surface area contributed by atoms with Crippen LogP contribution >= 0.6 is 0 Å². The summed E-state index contributed by atoms with van der Waals surface area (Å²) in [5.41, 5.74) is 8.33. The van der Waals surface area contributed by atoms with Crippen LogP contribution in [0.2, 0.25) is 0 Å². The lowest BCUT2D eigenvalue weighted by Gasteiger charge is -1.95. The molecule has 0 fully saturated rings. The fourth-order valence-corrected chi connectivity index (χ4v) is 1.43. The van der Waals surface area contributed by atoms with E-state index in [1.54, 1.807) is 12.1 Å². The highest BCUT2D eigenvalue weighted by Crippen LogP contribution is 2.20. The van der Waals surface area contributed by atoms with Crippen molar-refractivity contribution in [2.24, 2.45) is 5.73 Å². The predicted octanol–water partition coefficient (Wildman–Crippen LogP) is 1.28. The molecule has 1 aromatic carbocycles. The number of benzene rings is 1. The lowest BCUT2D eigenvalue weighted by atomic mass is 10.1. The van der Waals surface area contributed by atoms with E-state index < -0.39 is 0 Å². The molecular weight excluding hydrogens is 190 g/mol. The van der Waals surface area contributed by atoms with Crippen molar-refractivity contribution in [2.45, 2.75) is 6.42 Å². The molecule has 15 heavy (non-hydrogen) atoms. The molecule has 0 aliphatic heterocycles. The molecule has 0 saturated heterocycles. The van der Waals surface area contributed by atoms with E-state index in [0.717, 1.165) is 23.4 Å². The number of nitrogens with zero attached hydrogens (tertiary/aromatic N) is 1. The first-order valence-electron chi connectivity index (χ1n) is 4.83. The van der Waals surface area contributed by atoms with Crippen molar-refractivity contribution in [1.82, 2.24) is 10.2 Å². The quantitative estimate of drug-likeness (QED) is 0.703. The lowest BCUT2D eigenvalue weighted by molar-refractivity contribution is 0.475. The van der Waals surface area contributed by atoms with Crippen molar-refractivity contribution in [3.8, 4) is 17.0 Å². The first-order valence-corrected chi connectivity index (χ1v) is 4.83. The summed E-state index contributed by atoms with van der Waals surface area (Å²) in [4.78, 5) is 0. The second-order valence-electron chi connectivity index (χ2n) is 3.36. The van der Waals surface area contributed by atoms with Crippen molar-refractivity contribution < 1.29 is 5.11 Å². The summed E-state index contributed by atoms with van der Waals surface area (Å²) in [6.07, 6.45) is 0.797. The standard InChI is InChI=1S/C11H13N3O/c12-6-5-9-7-11(14-13-9)8-1-3-10(15)4-2-8/h1-4,7,15H,5-6,12H2,(H,13,14). The molecule has 0 saturated carbocycles. The number of phenolic OH excluding ortho intramolecular Hbond substituents is 1. The van der Waals surface area contributed by atoms with E-state index in [2.05, 4.69) is 10.2 Å². The number of rotatable bonds is 3. The monoisotopic (exact) mass is 203 g/mol. The number of nitrogens with two attached hydrogens (primary N) is 1. The van der Waals surface area contributed by atoms with Crippen molar-refractivity contribution in [2.75, 3.05) is 6.54 Å². The third-order valence-corrected chi connectivity index (χ3v) is 2.21. The maximum Gasteiger partial charge on any atom is 0.115 e. The average Bonchev–Trinajstić information content (AvgIpc) is 2.68. The molecule has 4 N–H and O–H groups in total. The molecule has 78 valence electrons. The Morgan fingerprint density at radius 1 is 1.27 bits per heavy atom. The number of aromatic amines is 1. The zero-order valence-corrected chi connectivity index (χ0v) is 8.27. The molecule has 4 nitrogen and oxygen atoms in total. The zero-order chi connectivity index (χ0) is 10.7. The Bertz CT molecular complexity index is 433. The number of hydrogen-bond donors (Lipinski definition) is 3. The largest absolute Gasteiger partial charge is 0.508 e. The van der Waals surface area contributed by atoms with E-state index in [1.165, 1.54) is 0 Å². The minimum atomic E-state index is 0.261. The molecule has 0 aliphatic carbocycles. The molecule has 2 rings (SSSR count). The van der Waals surface area contributed by atoms with Gasteiger partial charge >= 0.3 is 0 Å². The van der Waals surface area contributed by atoms with Crippen molar-refractivity contribution in [3.63, 3.8) is 0 Å². The summed E-state index contributed by atoms with van der Waals surface area (Å²) < 4.78 is 0. The van der Waals surface area contributed by atoms with Crippen LogP contribution < -0.4 is 5.73 Å². The van der Waals surface area contributed by atoms with Crippen LogP contribution in [0, 0.1) is 0 Å². The molecule has 0 atom stereocenters. The highest BCUT2D eigenvalue weighted by molar-refractivity contribution is 5.60. The molecule has 0 unspecified atom stereocenters. The molecule has 4 heteroatoms. The van der Waals surface area contributed by atoms with Crippen molar-refractivity contribution in [3.05, 3.63) is 36.0 Å². The maximum absolute atomic E-state index is 9.15. The van der Waals surface area contributed by atoms with Gasteiger partial charge < -0.3 is 10.8 Å². The Morgan fingerprint density at radius 2 is 2.00 bits per heavy atom. The third-order valence-electron chi connectivity index (χ3n) is 2.21. The van der Waals surface area contributed by atoms with Gasteiger partial charge in [-0.25, -0.2) is 0 Å². The number of hydrogen-bond acceptors (Lipinski definition) is 3. The van der Waals surface area contributed by atoms with Gasteiger partial charge in [0.15, 0.2) is 0 Å². The summed E-state index contributed by atoms with van der Waals surface area (Å²) in [6.45, 7) is 0.608. The van der Waals surface area contributed by atoms with Crippen molar-refractivity contribution in [1.29, 1.82) is 0 Å². The van der Waals surface area contributed by atoms with E-state index in [0.29, 0.717) is 6.54 Å². The summed E-state index contributed by atoms with van der Waals surface area (Å²) in [6, 6.07) is 8.92. The van der Waals surface area contributed by atoms with E-state index in [9.17, 15) is 0 Å². The number of aromatic nitrogens is 2. The Labute approximate surface area is 87.7 Å². The Hall–Kier alpha value is -1.81. The first-order chi connectivity index (χ1) is 7.29. The third kappa shape index (κ3) is 2.16. The zero-order valence-electron chi connectivity index (χ0n) is 8.27. The van der Waals surface area contributed by atoms with E-state index >= 15 is 0 Å². The maximum atomic E-state index is 9.15. The van der Waals surface area contributed by atoms with E-state index in [-0.39, 0.29) is 5.75 Å². The van der Waals surface area contributed by atoms with Crippen LogP contribution in [0.15, 0.2) is 30.3 Å². The molecule has 0 bridgehead atoms. The highest BCUT2D eigenvalue weighted by Gasteiger charge is 2.02. The van der Waals surface area contributed by atoms with Gasteiger partial charge in [-0.1, -0.05) is 0 Å². The minimum Gasteiger partial charge on any atom is -0.508 e. The SMILES string of the molecule is NCCc1cc(-c2ccc(O)cc2)n[nH]1. The molecule has 0 amide bonds. The molecule has 0 spiro atoms. The van der Waals surface area contributed by atoms with Crippen LogP contribution in [0.5, 0.6) is 5.75 Å². The summed E-state index contributed by atoms with van der Waals surface area (Å²) in [5, 5.41) is 16.2. The van der Waals surface area contributed by atoms with Gasteiger partial charge in [-0.05, 0) is 36.9 Å². The van der Waals surface area contributed by atoms with Crippen molar-refractivity contribution >= 4 is 0 Å². The van der Waals surface area contributed by atoms with Gasteiger partial charge in [0.2, 0.25) is 0 Å². The van der Waals surface area contributed by atoms with Gasteiger partial charge in [-0.3, -0.25) is 5.10 Å². The van der Waals surface area contributed by atoms with Crippen LogP contribution in [0.4, 0.5) is 0 Å². The van der Waals surface area contributed by atoms with Gasteiger partial charge in [0.05, 0.1) is 5.69 Å². The number of aromatic hydroxyl groups is 1. The average molecular weight is 203 g/mol. The Balaban J connectivity index is 2.25. The van der Waals surface area contributed by atoms with Crippen LogP contribution in [0.1, 0.15) is 5.69 Å². The van der Waals surface area contributed by atoms with Crippen LogP contribution in [0.25, 0.3) is 11.3 Å². The topological polar surface area (TPSA) is 74.9 Å². The fourth-order valence-electron chi connectivity index (χ4n) is 1.43. The molecule has 1 aromatic heterocycles. The molecule has 0 aliphatic rings.